The number of aliphatic carboxylic acids is 1. The maximum atomic E-state index is 12.7. The van der Waals surface area contributed by atoms with Crippen molar-refractivity contribution in [2.45, 2.75) is 64.1 Å². The Bertz CT molecular complexity index is 612. The third-order valence-electron chi connectivity index (χ3n) is 4.14. The Labute approximate surface area is 175 Å². The van der Waals surface area contributed by atoms with Gasteiger partial charge in [-0.15, -0.1) is 0 Å². The minimum atomic E-state index is -1.30. The lowest BCUT2D eigenvalue weighted by molar-refractivity contribution is -0.142. The molecule has 3 unspecified atom stereocenters. The van der Waals surface area contributed by atoms with Crippen LogP contribution in [-0.2, 0) is 24.0 Å². The van der Waals surface area contributed by atoms with Crippen LogP contribution in [0, 0.1) is 5.92 Å². The van der Waals surface area contributed by atoms with Crippen LogP contribution in [0.5, 0.6) is 0 Å². The number of amides is 4. The highest BCUT2D eigenvalue weighted by Gasteiger charge is 2.30. The van der Waals surface area contributed by atoms with Crippen LogP contribution in [0.25, 0.3) is 0 Å². The molecule has 0 aromatic heterocycles. The first kappa shape index (κ1) is 27.3. The number of carbonyl (C=O) groups excluding carboxylic acids is 4. The lowest BCUT2D eigenvalue weighted by Gasteiger charge is -2.25. The Morgan fingerprint density at radius 1 is 0.867 bits per heavy atom. The molecule has 0 saturated heterocycles. The smallest absolute Gasteiger partial charge is 0.326 e. The second-order valence-corrected chi connectivity index (χ2v) is 7.37. The summed E-state index contributed by atoms with van der Waals surface area (Å²) in [6, 6.07) is -3.51. The second kappa shape index (κ2) is 14.3. The molecular formula is C18H34N6O6. The highest BCUT2D eigenvalue weighted by atomic mass is 16.4. The molecule has 0 aliphatic heterocycles. The van der Waals surface area contributed by atoms with E-state index in [9.17, 15) is 29.1 Å². The molecule has 0 aliphatic rings. The molecule has 12 nitrogen and oxygen atoms in total. The topological polar surface area (TPSA) is 220 Å². The molecular weight excluding hydrogens is 396 g/mol. The van der Waals surface area contributed by atoms with Crippen molar-refractivity contribution in [2.75, 3.05) is 13.1 Å². The van der Waals surface area contributed by atoms with Gasteiger partial charge in [-0.25, -0.2) is 4.79 Å². The Hall–Kier alpha value is -2.73. The molecule has 0 bridgehead atoms. The van der Waals surface area contributed by atoms with E-state index in [1.165, 1.54) is 0 Å². The summed E-state index contributed by atoms with van der Waals surface area (Å²) < 4.78 is 0. The molecule has 0 aromatic carbocycles. The molecule has 172 valence electrons. The van der Waals surface area contributed by atoms with Gasteiger partial charge in [-0.2, -0.15) is 0 Å². The molecule has 0 spiro atoms. The van der Waals surface area contributed by atoms with Crippen molar-refractivity contribution in [3.8, 4) is 0 Å². The van der Waals surface area contributed by atoms with E-state index in [1.807, 2.05) is 13.8 Å². The van der Waals surface area contributed by atoms with Gasteiger partial charge in [0.15, 0.2) is 0 Å². The molecule has 0 rings (SSSR count). The number of rotatable bonds is 15. The van der Waals surface area contributed by atoms with E-state index in [0.717, 1.165) is 0 Å². The zero-order valence-corrected chi connectivity index (χ0v) is 17.5. The summed E-state index contributed by atoms with van der Waals surface area (Å²) >= 11 is 0. The van der Waals surface area contributed by atoms with E-state index in [0.29, 0.717) is 19.4 Å². The van der Waals surface area contributed by atoms with Gasteiger partial charge in [-0.1, -0.05) is 13.8 Å². The minimum absolute atomic E-state index is 0.0187. The number of carboxylic acid groups (broad SMARTS) is 1. The van der Waals surface area contributed by atoms with Crippen LogP contribution in [0.3, 0.4) is 0 Å². The van der Waals surface area contributed by atoms with Crippen LogP contribution in [0.15, 0.2) is 0 Å². The van der Waals surface area contributed by atoms with Crippen molar-refractivity contribution in [2.24, 2.45) is 23.1 Å². The number of nitrogens with two attached hydrogens (primary N) is 3. The number of hydrogen-bond acceptors (Lipinski definition) is 7. The summed E-state index contributed by atoms with van der Waals surface area (Å²) in [5.41, 5.74) is 15.7. The molecule has 12 heteroatoms. The van der Waals surface area contributed by atoms with Gasteiger partial charge >= 0.3 is 5.97 Å². The zero-order chi connectivity index (χ0) is 23.3. The van der Waals surface area contributed by atoms with Crippen molar-refractivity contribution >= 4 is 29.6 Å². The third-order valence-corrected chi connectivity index (χ3v) is 4.14. The first-order valence-electron chi connectivity index (χ1n) is 9.83. The van der Waals surface area contributed by atoms with Crippen molar-refractivity contribution in [3.63, 3.8) is 0 Å². The quantitative estimate of drug-likeness (QED) is 0.138. The molecule has 0 saturated carbocycles. The zero-order valence-electron chi connectivity index (χ0n) is 17.5. The van der Waals surface area contributed by atoms with E-state index in [4.69, 9.17) is 17.2 Å². The van der Waals surface area contributed by atoms with Gasteiger partial charge < -0.3 is 38.3 Å². The molecule has 10 N–H and O–H groups in total. The Morgan fingerprint density at radius 3 is 1.90 bits per heavy atom. The standard InChI is InChI=1S/C18H34N6O6/c1-10(2)7-12(16(27)23-11(18(29)30)5-3-4-6-19)24-17(28)13(8-14(21)25)22-15(26)9-20/h10-13H,3-9,19-20H2,1-2H3,(H2,21,25)(H,22,26)(H,23,27)(H,24,28)(H,29,30). The first-order valence-corrected chi connectivity index (χ1v) is 9.83. The number of unbranched alkanes of at least 4 members (excludes halogenated alkanes) is 1. The van der Waals surface area contributed by atoms with Crippen LogP contribution in [0.4, 0.5) is 0 Å². The number of carboxylic acids is 1. The van der Waals surface area contributed by atoms with Crippen LogP contribution in [0.1, 0.15) is 46.0 Å². The largest absolute Gasteiger partial charge is 0.480 e. The highest BCUT2D eigenvalue weighted by Crippen LogP contribution is 2.08. The van der Waals surface area contributed by atoms with Crippen molar-refractivity contribution in [1.29, 1.82) is 0 Å². The van der Waals surface area contributed by atoms with Crippen LogP contribution >= 0.6 is 0 Å². The Balaban J connectivity index is 5.31. The Kier molecular flexibility index (Phi) is 13.0. The summed E-state index contributed by atoms with van der Waals surface area (Å²) in [7, 11) is 0. The number of hydrogen-bond donors (Lipinski definition) is 7. The fraction of sp³-hybridized carbons (Fsp3) is 0.722. The van der Waals surface area contributed by atoms with Gasteiger partial charge in [0.05, 0.1) is 13.0 Å². The molecule has 30 heavy (non-hydrogen) atoms. The fourth-order valence-electron chi connectivity index (χ4n) is 2.66. The molecule has 0 aromatic rings. The first-order chi connectivity index (χ1) is 14.0. The lowest BCUT2D eigenvalue weighted by atomic mass is 10.0. The van der Waals surface area contributed by atoms with Gasteiger partial charge in [0.2, 0.25) is 23.6 Å². The summed E-state index contributed by atoms with van der Waals surface area (Å²) in [6.07, 6.45) is 1.05. The highest BCUT2D eigenvalue weighted by molar-refractivity contribution is 5.95. The van der Waals surface area contributed by atoms with Crippen LogP contribution in [0.2, 0.25) is 0 Å². The van der Waals surface area contributed by atoms with E-state index >= 15 is 0 Å². The van der Waals surface area contributed by atoms with Gasteiger partial charge in [-0.3, -0.25) is 19.2 Å². The molecule has 4 amide bonds. The monoisotopic (exact) mass is 430 g/mol. The van der Waals surface area contributed by atoms with Gasteiger partial charge in [-0.05, 0) is 38.1 Å². The van der Waals surface area contributed by atoms with Gasteiger partial charge in [0, 0.05) is 0 Å². The normalized spacial score (nSPS) is 13.8. The molecule has 0 aliphatic carbocycles. The summed E-state index contributed by atoms with van der Waals surface area (Å²) in [4.78, 5) is 59.4. The van der Waals surface area contributed by atoms with Crippen LogP contribution < -0.4 is 33.2 Å². The predicted molar refractivity (Wildman–Crippen MR) is 109 cm³/mol. The van der Waals surface area contributed by atoms with Crippen LogP contribution in [-0.4, -0.2) is 65.9 Å². The average Bonchev–Trinajstić information content (AvgIpc) is 2.64. The van der Waals surface area contributed by atoms with E-state index in [2.05, 4.69) is 16.0 Å². The number of carbonyl (C=O) groups is 5. The van der Waals surface area contributed by atoms with Crippen molar-refractivity contribution in [1.82, 2.24) is 16.0 Å². The maximum Gasteiger partial charge on any atom is 0.326 e. The average molecular weight is 431 g/mol. The minimum Gasteiger partial charge on any atom is -0.480 e. The van der Waals surface area contributed by atoms with Crippen molar-refractivity contribution in [3.05, 3.63) is 0 Å². The van der Waals surface area contributed by atoms with E-state index in [1.54, 1.807) is 0 Å². The molecule has 0 fully saturated rings. The third kappa shape index (κ3) is 11.3. The van der Waals surface area contributed by atoms with Gasteiger partial charge in [0.1, 0.15) is 18.1 Å². The molecule has 3 atom stereocenters. The van der Waals surface area contributed by atoms with E-state index in [-0.39, 0.29) is 18.8 Å². The van der Waals surface area contributed by atoms with E-state index < -0.39 is 60.7 Å². The maximum absolute atomic E-state index is 12.7. The van der Waals surface area contributed by atoms with Crippen molar-refractivity contribution < 1.29 is 29.1 Å². The second-order valence-electron chi connectivity index (χ2n) is 7.37. The fourth-order valence-corrected chi connectivity index (χ4v) is 2.66. The number of primary amides is 1. The Morgan fingerprint density at radius 2 is 1.43 bits per heavy atom. The SMILES string of the molecule is CC(C)CC(NC(=O)C(CC(N)=O)NC(=O)CN)C(=O)NC(CCCCN)C(=O)O. The number of nitrogens with one attached hydrogen (secondary N) is 3. The molecule has 0 heterocycles. The molecule has 0 radical (unpaired) electrons. The summed E-state index contributed by atoms with van der Waals surface area (Å²) in [5, 5.41) is 16.5. The summed E-state index contributed by atoms with van der Waals surface area (Å²) in [5.74, 6) is -4.20. The van der Waals surface area contributed by atoms with Gasteiger partial charge in [0.25, 0.3) is 0 Å². The predicted octanol–water partition coefficient (Wildman–Crippen LogP) is -2.47. The summed E-state index contributed by atoms with van der Waals surface area (Å²) in [6.45, 7) is 3.64. The lowest BCUT2D eigenvalue weighted by Crippen LogP contribution is -2.57.